The van der Waals surface area contributed by atoms with Gasteiger partial charge in [0.25, 0.3) is 5.56 Å². The molecule has 0 aliphatic carbocycles. The van der Waals surface area contributed by atoms with Gasteiger partial charge in [-0.15, -0.1) is 0 Å². The van der Waals surface area contributed by atoms with Gasteiger partial charge >= 0.3 is 0 Å². The molecule has 0 amide bonds. The first-order valence-corrected chi connectivity index (χ1v) is 6.88. The molecule has 3 N–H and O–H groups in total. The standard InChI is InChI=1S/C15H14N6O/c1-2-11(17)14-19-13-9(8-16)4-3-5-10(13)15(22)21(14)12-6-7-18-20-12/h3-7,11H,2,17H2,1H3,(H,18,20). The van der Waals surface area contributed by atoms with Crippen molar-refractivity contribution in [1.29, 1.82) is 5.26 Å². The molecule has 0 spiro atoms. The Morgan fingerprint density at radius 1 is 1.45 bits per heavy atom. The number of hydrogen-bond donors (Lipinski definition) is 2. The van der Waals surface area contributed by atoms with Crippen molar-refractivity contribution in [3.05, 3.63) is 52.2 Å². The fourth-order valence-corrected chi connectivity index (χ4v) is 2.35. The number of nitrogens with two attached hydrogens (primary N) is 1. The summed E-state index contributed by atoms with van der Waals surface area (Å²) in [7, 11) is 0. The van der Waals surface area contributed by atoms with Gasteiger partial charge in [-0.2, -0.15) is 10.4 Å². The third-order valence-corrected chi connectivity index (χ3v) is 3.54. The van der Waals surface area contributed by atoms with Gasteiger partial charge in [0.05, 0.1) is 28.7 Å². The second kappa shape index (κ2) is 5.42. The molecule has 2 aromatic heterocycles. The van der Waals surface area contributed by atoms with Gasteiger partial charge in [-0.25, -0.2) is 9.55 Å². The zero-order chi connectivity index (χ0) is 15.7. The predicted molar refractivity (Wildman–Crippen MR) is 81.4 cm³/mol. The molecule has 110 valence electrons. The maximum Gasteiger partial charge on any atom is 0.267 e. The molecule has 0 saturated carbocycles. The highest BCUT2D eigenvalue weighted by Gasteiger charge is 2.19. The van der Waals surface area contributed by atoms with Crippen LogP contribution in [0.15, 0.2) is 35.3 Å². The van der Waals surface area contributed by atoms with Crippen LogP contribution in [0.5, 0.6) is 0 Å². The monoisotopic (exact) mass is 294 g/mol. The van der Waals surface area contributed by atoms with E-state index >= 15 is 0 Å². The van der Waals surface area contributed by atoms with Crippen LogP contribution in [0.4, 0.5) is 0 Å². The van der Waals surface area contributed by atoms with Crippen molar-refractivity contribution < 1.29 is 0 Å². The number of nitrogens with zero attached hydrogens (tertiary/aromatic N) is 4. The summed E-state index contributed by atoms with van der Waals surface area (Å²) in [5.41, 5.74) is 6.58. The Kier molecular flexibility index (Phi) is 3.45. The largest absolute Gasteiger partial charge is 0.321 e. The van der Waals surface area contributed by atoms with Crippen molar-refractivity contribution in [2.45, 2.75) is 19.4 Å². The van der Waals surface area contributed by atoms with Gasteiger partial charge in [-0.1, -0.05) is 13.0 Å². The third kappa shape index (κ3) is 2.06. The first-order chi connectivity index (χ1) is 10.7. The van der Waals surface area contributed by atoms with E-state index in [1.54, 1.807) is 30.5 Å². The molecule has 7 heteroatoms. The van der Waals surface area contributed by atoms with Gasteiger partial charge in [0, 0.05) is 6.07 Å². The number of H-pyrrole nitrogens is 1. The average molecular weight is 294 g/mol. The van der Waals surface area contributed by atoms with Gasteiger partial charge in [-0.05, 0) is 18.6 Å². The van der Waals surface area contributed by atoms with Crippen LogP contribution in [0.1, 0.15) is 30.8 Å². The highest BCUT2D eigenvalue weighted by atomic mass is 16.1. The van der Waals surface area contributed by atoms with Crippen LogP contribution in [0, 0.1) is 11.3 Å². The molecule has 0 saturated heterocycles. The van der Waals surface area contributed by atoms with Crippen LogP contribution in [0.3, 0.4) is 0 Å². The summed E-state index contributed by atoms with van der Waals surface area (Å²) in [6, 6.07) is 8.27. The number of aromatic amines is 1. The van der Waals surface area contributed by atoms with Gasteiger partial charge in [0.2, 0.25) is 0 Å². The summed E-state index contributed by atoms with van der Waals surface area (Å²) in [6.45, 7) is 1.91. The van der Waals surface area contributed by atoms with Crippen LogP contribution in [-0.2, 0) is 0 Å². The Balaban J connectivity index is 2.46. The third-order valence-electron chi connectivity index (χ3n) is 3.54. The van der Waals surface area contributed by atoms with Crippen molar-refractivity contribution >= 4 is 10.9 Å². The minimum absolute atomic E-state index is 0.273. The zero-order valence-electron chi connectivity index (χ0n) is 11.9. The Morgan fingerprint density at radius 2 is 2.27 bits per heavy atom. The lowest BCUT2D eigenvalue weighted by Crippen LogP contribution is -2.28. The molecule has 0 aliphatic rings. The molecule has 0 bridgehead atoms. The molecule has 22 heavy (non-hydrogen) atoms. The normalized spacial score (nSPS) is 12.2. The van der Waals surface area contributed by atoms with E-state index in [-0.39, 0.29) is 5.56 Å². The van der Waals surface area contributed by atoms with Crippen molar-refractivity contribution in [3.63, 3.8) is 0 Å². The van der Waals surface area contributed by atoms with Crippen molar-refractivity contribution in [2.75, 3.05) is 0 Å². The number of para-hydroxylation sites is 1. The summed E-state index contributed by atoms with van der Waals surface area (Å²) >= 11 is 0. The summed E-state index contributed by atoms with van der Waals surface area (Å²) in [4.78, 5) is 17.3. The van der Waals surface area contributed by atoms with E-state index in [0.29, 0.717) is 34.5 Å². The molecule has 0 fully saturated rings. The van der Waals surface area contributed by atoms with Crippen molar-refractivity contribution in [3.8, 4) is 11.9 Å². The Labute approximate surface area is 126 Å². The van der Waals surface area contributed by atoms with E-state index < -0.39 is 6.04 Å². The highest BCUT2D eigenvalue weighted by molar-refractivity contribution is 5.83. The van der Waals surface area contributed by atoms with Crippen LogP contribution < -0.4 is 11.3 Å². The van der Waals surface area contributed by atoms with Crippen LogP contribution in [-0.4, -0.2) is 19.7 Å². The van der Waals surface area contributed by atoms with Crippen LogP contribution in [0.2, 0.25) is 0 Å². The first kappa shape index (κ1) is 14.0. The fraction of sp³-hybridized carbons (Fsp3) is 0.200. The predicted octanol–water partition coefficient (Wildman–Crippen LogP) is 1.39. The van der Waals surface area contributed by atoms with E-state index in [2.05, 4.69) is 21.3 Å². The molecular formula is C15H14N6O. The smallest absolute Gasteiger partial charge is 0.267 e. The number of nitriles is 1. The lowest BCUT2D eigenvalue weighted by Gasteiger charge is -2.16. The van der Waals surface area contributed by atoms with E-state index in [0.717, 1.165) is 0 Å². The van der Waals surface area contributed by atoms with Gasteiger partial charge < -0.3 is 5.73 Å². The van der Waals surface area contributed by atoms with E-state index in [1.807, 2.05) is 6.92 Å². The minimum atomic E-state index is -0.424. The first-order valence-electron chi connectivity index (χ1n) is 6.88. The lowest BCUT2D eigenvalue weighted by atomic mass is 10.1. The minimum Gasteiger partial charge on any atom is -0.321 e. The molecule has 1 aromatic carbocycles. The quantitative estimate of drug-likeness (QED) is 0.757. The van der Waals surface area contributed by atoms with E-state index in [4.69, 9.17) is 5.73 Å². The number of rotatable bonds is 3. The zero-order valence-corrected chi connectivity index (χ0v) is 11.9. The molecule has 0 radical (unpaired) electrons. The second-order valence-electron chi connectivity index (χ2n) is 4.88. The Hall–Kier alpha value is -2.98. The number of nitrogens with one attached hydrogen (secondary N) is 1. The molecule has 0 aliphatic heterocycles. The summed E-state index contributed by atoms with van der Waals surface area (Å²) in [6.07, 6.45) is 2.17. The van der Waals surface area contributed by atoms with Crippen molar-refractivity contribution in [2.24, 2.45) is 5.73 Å². The second-order valence-corrected chi connectivity index (χ2v) is 4.88. The molecular weight excluding hydrogens is 280 g/mol. The molecule has 1 unspecified atom stereocenters. The Morgan fingerprint density at radius 3 is 2.91 bits per heavy atom. The summed E-state index contributed by atoms with van der Waals surface area (Å²) < 4.78 is 1.42. The van der Waals surface area contributed by atoms with Gasteiger partial charge in [0.1, 0.15) is 17.7 Å². The number of aromatic nitrogens is 4. The maximum absolute atomic E-state index is 12.8. The van der Waals surface area contributed by atoms with E-state index in [1.165, 1.54) is 4.57 Å². The lowest BCUT2D eigenvalue weighted by molar-refractivity contribution is 0.618. The molecule has 2 heterocycles. The van der Waals surface area contributed by atoms with E-state index in [9.17, 15) is 10.1 Å². The van der Waals surface area contributed by atoms with Crippen LogP contribution >= 0.6 is 0 Å². The number of benzene rings is 1. The molecule has 7 nitrogen and oxygen atoms in total. The average Bonchev–Trinajstić information content (AvgIpc) is 3.07. The summed E-state index contributed by atoms with van der Waals surface area (Å²) in [5.74, 6) is 0.910. The molecule has 3 aromatic rings. The van der Waals surface area contributed by atoms with Gasteiger partial charge in [-0.3, -0.25) is 9.89 Å². The number of hydrogen-bond acceptors (Lipinski definition) is 5. The summed E-state index contributed by atoms with van der Waals surface area (Å²) in [5, 5.41) is 16.2. The Bertz CT molecular complexity index is 920. The SMILES string of the molecule is CCC(N)c1nc2c(C#N)cccc2c(=O)n1-c1ccn[nH]1. The topological polar surface area (TPSA) is 113 Å². The maximum atomic E-state index is 12.8. The highest BCUT2D eigenvalue weighted by Crippen LogP contribution is 2.19. The molecule has 1 atom stereocenters. The van der Waals surface area contributed by atoms with Crippen LogP contribution in [0.25, 0.3) is 16.7 Å². The number of fused-ring (bicyclic) bond motifs is 1. The fourth-order valence-electron chi connectivity index (χ4n) is 2.35. The molecule has 3 rings (SSSR count). The van der Waals surface area contributed by atoms with Crippen molar-refractivity contribution in [1.82, 2.24) is 19.7 Å². The van der Waals surface area contributed by atoms with Gasteiger partial charge in [0.15, 0.2) is 0 Å².